The van der Waals surface area contributed by atoms with Gasteiger partial charge < -0.3 is 10.1 Å². The fourth-order valence-corrected chi connectivity index (χ4v) is 1.42. The lowest BCUT2D eigenvalue weighted by Gasteiger charge is -2.12. The molecule has 0 spiro atoms. The molecule has 0 fully saturated rings. The molecule has 1 heterocycles. The van der Waals surface area contributed by atoms with E-state index in [4.69, 9.17) is 4.74 Å². The van der Waals surface area contributed by atoms with Crippen LogP contribution in [0, 0.1) is 0 Å². The van der Waals surface area contributed by atoms with Gasteiger partial charge >= 0.3 is 0 Å². The molecule has 5 nitrogen and oxygen atoms in total. The monoisotopic (exact) mass is 212 g/mol. The number of rotatable bonds is 7. The van der Waals surface area contributed by atoms with Gasteiger partial charge in [0.05, 0.1) is 12.6 Å². The van der Waals surface area contributed by atoms with E-state index in [1.807, 2.05) is 11.6 Å². The van der Waals surface area contributed by atoms with E-state index in [9.17, 15) is 0 Å². The second-order valence-electron chi connectivity index (χ2n) is 3.39. The maximum absolute atomic E-state index is 5.41. The van der Waals surface area contributed by atoms with Gasteiger partial charge in [0.15, 0.2) is 0 Å². The highest BCUT2D eigenvalue weighted by Crippen LogP contribution is 1.94. The van der Waals surface area contributed by atoms with Crippen molar-refractivity contribution in [3.63, 3.8) is 0 Å². The lowest BCUT2D eigenvalue weighted by molar-refractivity contribution is 0.0757. The number of ether oxygens (including phenoxy) is 1. The summed E-state index contributed by atoms with van der Waals surface area (Å²) in [6, 6.07) is 0. The van der Waals surface area contributed by atoms with Gasteiger partial charge in [-0.3, -0.25) is 0 Å². The van der Waals surface area contributed by atoms with Crippen molar-refractivity contribution in [3.05, 3.63) is 12.2 Å². The second kappa shape index (κ2) is 6.53. The average Bonchev–Trinajstić information content (AvgIpc) is 2.66. The third-order valence-corrected chi connectivity index (χ3v) is 2.16. The first kappa shape index (κ1) is 12.1. The fourth-order valence-electron chi connectivity index (χ4n) is 1.42. The highest BCUT2D eigenvalue weighted by atomic mass is 16.5. The third-order valence-electron chi connectivity index (χ3n) is 2.16. The quantitative estimate of drug-likeness (QED) is 0.727. The van der Waals surface area contributed by atoms with Crippen LogP contribution in [0.15, 0.2) is 6.33 Å². The molecule has 1 unspecified atom stereocenters. The standard InChI is InChI=1S/C10H20N4O/c1-4-14-10(12-8-13-14)7-11-6-9(3)15-5-2/h8-9,11H,4-7H2,1-3H3. The average molecular weight is 212 g/mol. The predicted molar refractivity (Wildman–Crippen MR) is 58.5 cm³/mol. The Labute approximate surface area is 90.8 Å². The Bertz CT molecular complexity index is 274. The molecule has 0 aliphatic rings. The molecule has 0 saturated heterocycles. The first-order valence-corrected chi connectivity index (χ1v) is 5.46. The van der Waals surface area contributed by atoms with Gasteiger partial charge in [-0.25, -0.2) is 9.67 Å². The SMILES string of the molecule is CCOC(C)CNCc1ncnn1CC. The van der Waals surface area contributed by atoms with E-state index in [1.54, 1.807) is 6.33 Å². The molecule has 0 bridgehead atoms. The topological polar surface area (TPSA) is 52.0 Å². The summed E-state index contributed by atoms with van der Waals surface area (Å²) in [6.07, 6.45) is 1.83. The first-order chi connectivity index (χ1) is 7.27. The lowest BCUT2D eigenvalue weighted by atomic mass is 10.4. The largest absolute Gasteiger partial charge is 0.377 e. The molecule has 1 rings (SSSR count). The number of nitrogens with one attached hydrogen (secondary N) is 1. The summed E-state index contributed by atoms with van der Waals surface area (Å²) >= 11 is 0. The van der Waals surface area contributed by atoms with Crippen LogP contribution in [-0.4, -0.2) is 34.0 Å². The van der Waals surface area contributed by atoms with E-state index in [0.29, 0.717) is 0 Å². The van der Waals surface area contributed by atoms with Crippen LogP contribution < -0.4 is 5.32 Å². The molecule has 0 aliphatic carbocycles. The summed E-state index contributed by atoms with van der Waals surface area (Å²) < 4.78 is 7.30. The molecule has 0 radical (unpaired) electrons. The van der Waals surface area contributed by atoms with Crippen LogP contribution in [-0.2, 0) is 17.8 Å². The van der Waals surface area contributed by atoms with Gasteiger partial charge in [0.2, 0.25) is 0 Å². The van der Waals surface area contributed by atoms with Crippen molar-refractivity contribution in [1.82, 2.24) is 20.1 Å². The van der Waals surface area contributed by atoms with Gasteiger partial charge in [0.25, 0.3) is 0 Å². The minimum absolute atomic E-state index is 0.244. The second-order valence-corrected chi connectivity index (χ2v) is 3.39. The van der Waals surface area contributed by atoms with Crippen LogP contribution >= 0.6 is 0 Å². The van der Waals surface area contributed by atoms with Gasteiger partial charge in [-0.2, -0.15) is 5.10 Å². The summed E-state index contributed by atoms with van der Waals surface area (Å²) in [7, 11) is 0. The van der Waals surface area contributed by atoms with E-state index in [-0.39, 0.29) is 6.10 Å². The van der Waals surface area contributed by atoms with Gasteiger partial charge in [-0.1, -0.05) is 0 Å². The Morgan fingerprint density at radius 3 is 3.00 bits per heavy atom. The molecule has 1 aromatic heterocycles. The lowest BCUT2D eigenvalue weighted by Crippen LogP contribution is -2.27. The smallest absolute Gasteiger partial charge is 0.140 e. The van der Waals surface area contributed by atoms with Crippen LogP contribution in [0.3, 0.4) is 0 Å². The van der Waals surface area contributed by atoms with Crippen LogP contribution in [0.4, 0.5) is 0 Å². The number of hydrogen-bond acceptors (Lipinski definition) is 4. The molecule has 5 heteroatoms. The normalized spacial score (nSPS) is 13.0. The summed E-state index contributed by atoms with van der Waals surface area (Å²) in [5, 5.41) is 7.40. The molecule has 15 heavy (non-hydrogen) atoms. The highest BCUT2D eigenvalue weighted by molar-refractivity contribution is 4.83. The minimum Gasteiger partial charge on any atom is -0.377 e. The van der Waals surface area contributed by atoms with E-state index in [2.05, 4.69) is 29.2 Å². The van der Waals surface area contributed by atoms with Crippen molar-refractivity contribution in [3.8, 4) is 0 Å². The molecule has 0 aromatic carbocycles. The first-order valence-electron chi connectivity index (χ1n) is 5.46. The van der Waals surface area contributed by atoms with Gasteiger partial charge in [-0.05, 0) is 20.8 Å². The highest BCUT2D eigenvalue weighted by Gasteiger charge is 2.03. The number of aromatic nitrogens is 3. The van der Waals surface area contributed by atoms with Crippen molar-refractivity contribution in [2.45, 2.75) is 40.0 Å². The maximum Gasteiger partial charge on any atom is 0.140 e. The number of aryl methyl sites for hydroxylation is 1. The zero-order chi connectivity index (χ0) is 11.1. The van der Waals surface area contributed by atoms with Crippen molar-refractivity contribution in [2.75, 3.05) is 13.2 Å². The van der Waals surface area contributed by atoms with Crippen molar-refractivity contribution in [1.29, 1.82) is 0 Å². The Balaban J connectivity index is 2.25. The van der Waals surface area contributed by atoms with Crippen LogP contribution in [0.25, 0.3) is 0 Å². The van der Waals surface area contributed by atoms with Gasteiger partial charge in [-0.15, -0.1) is 0 Å². The zero-order valence-electron chi connectivity index (χ0n) is 9.73. The summed E-state index contributed by atoms with van der Waals surface area (Å²) in [5.74, 6) is 0.973. The summed E-state index contributed by atoms with van der Waals surface area (Å²) in [4.78, 5) is 4.18. The fraction of sp³-hybridized carbons (Fsp3) is 0.800. The van der Waals surface area contributed by atoms with Crippen molar-refractivity contribution >= 4 is 0 Å². The zero-order valence-corrected chi connectivity index (χ0v) is 9.73. The summed E-state index contributed by atoms with van der Waals surface area (Å²) in [6.45, 7) is 9.31. The Morgan fingerprint density at radius 2 is 2.33 bits per heavy atom. The van der Waals surface area contributed by atoms with Crippen LogP contribution in [0.5, 0.6) is 0 Å². The third kappa shape index (κ3) is 3.97. The maximum atomic E-state index is 5.41. The molecular weight excluding hydrogens is 192 g/mol. The van der Waals surface area contributed by atoms with Gasteiger partial charge in [0, 0.05) is 19.7 Å². The minimum atomic E-state index is 0.244. The van der Waals surface area contributed by atoms with E-state index in [0.717, 1.165) is 32.1 Å². The van der Waals surface area contributed by atoms with E-state index >= 15 is 0 Å². The number of nitrogens with zero attached hydrogens (tertiary/aromatic N) is 3. The molecular formula is C10H20N4O. The Kier molecular flexibility index (Phi) is 5.28. The molecule has 1 aromatic rings. The van der Waals surface area contributed by atoms with E-state index in [1.165, 1.54) is 0 Å². The molecule has 0 saturated carbocycles. The summed E-state index contributed by atoms with van der Waals surface area (Å²) in [5.41, 5.74) is 0. The molecule has 86 valence electrons. The molecule has 0 amide bonds. The van der Waals surface area contributed by atoms with Crippen molar-refractivity contribution < 1.29 is 4.74 Å². The van der Waals surface area contributed by atoms with Gasteiger partial charge in [0.1, 0.15) is 12.2 Å². The Hall–Kier alpha value is -0.940. The molecule has 1 N–H and O–H groups in total. The number of hydrogen-bond donors (Lipinski definition) is 1. The van der Waals surface area contributed by atoms with E-state index < -0.39 is 0 Å². The molecule has 0 aliphatic heterocycles. The molecule has 1 atom stereocenters. The predicted octanol–water partition coefficient (Wildman–Crippen LogP) is 0.813. The van der Waals surface area contributed by atoms with Crippen LogP contribution in [0.2, 0.25) is 0 Å². The van der Waals surface area contributed by atoms with Crippen molar-refractivity contribution in [2.24, 2.45) is 0 Å². The van der Waals surface area contributed by atoms with Crippen LogP contribution in [0.1, 0.15) is 26.6 Å². The Morgan fingerprint density at radius 1 is 1.53 bits per heavy atom.